The van der Waals surface area contributed by atoms with E-state index in [0.717, 1.165) is 0 Å². The molecule has 1 heterocycles. The highest BCUT2D eigenvalue weighted by Crippen LogP contribution is 2.11. The average Bonchev–Trinajstić information content (AvgIpc) is 2.80. The molecule has 0 N–H and O–H groups in total. The van der Waals surface area contributed by atoms with Gasteiger partial charge in [-0.15, -0.1) is 5.10 Å². The van der Waals surface area contributed by atoms with Gasteiger partial charge in [0.15, 0.2) is 0 Å². The smallest absolute Gasteiger partial charge is 0.293 e. The maximum atomic E-state index is 12.9. The predicted octanol–water partition coefficient (Wildman–Crippen LogP) is 1.38. The summed E-state index contributed by atoms with van der Waals surface area (Å²) in [7, 11) is 1.51. The first-order chi connectivity index (χ1) is 9.88. The van der Waals surface area contributed by atoms with Crippen molar-refractivity contribution in [1.29, 1.82) is 0 Å². The Morgan fingerprint density at radius 2 is 1.90 bits per heavy atom. The number of hydrogen-bond donors (Lipinski definition) is 0. The van der Waals surface area contributed by atoms with Crippen LogP contribution in [0, 0.1) is 12.7 Å². The summed E-state index contributed by atoms with van der Waals surface area (Å²) in [6.07, 6.45) is 0. The maximum absolute atomic E-state index is 12.9. The molecule has 0 aliphatic heterocycles. The Labute approximate surface area is 121 Å². The lowest BCUT2D eigenvalue weighted by atomic mass is 10.3. The summed E-state index contributed by atoms with van der Waals surface area (Å²) in [5.41, 5.74) is 0.606. The van der Waals surface area contributed by atoms with E-state index in [9.17, 15) is 14.0 Å². The van der Waals surface area contributed by atoms with Crippen LogP contribution in [-0.2, 0) is 4.79 Å². The lowest BCUT2D eigenvalue weighted by Crippen LogP contribution is -2.31. The SMILES string of the molecule is CC(=O)CN(C)C(=O)c1nc(C)n(-c2ccc(F)cc2)n1. The largest absolute Gasteiger partial charge is 0.332 e. The van der Waals surface area contributed by atoms with Gasteiger partial charge in [-0.3, -0.25) is 9.59 Å². The number of amides is 1. The van der Waals surface area contributed by atoms with Gasteiger partial charge in [0.2, 0.25) is 5.82 Å². The van der Waals surface area contributed by atoms with Crippen molar-refractivity contribution >= 4 is 11.7 Å². The summed E-state index contributed by atoms with van der Waals surface area (Å²) >= 11 is 0. The number of carbonyl (C=O) groups excluding carboxylic acids is 2. The van der Waals surface area contributed by atoms with Gasteiger partial charge < -0.3 is 4.90 Å². The molecule has 0 saturated carbocycles. The van der Waals surface area contributed by atoms with E-state index in [2.05, 4.69) is 10.1 Å². The zero-order valence-corrected chi connectivity index (χ0v) is 12.0. The number of Topliss-reactive ketones (excluding diaryl/α,β-unsaturated/α-hetero) is 1. The van der Waals surface area contributed by atoms with Gasteiger partial charge in [0.1, 0.15) is 17.4 Å². The van der Waals surface area contributed by atoms with Gasteiger partial charge in [-0.25, -0.2) is 14.1 Å². The maximum Gasteiger partial charge on any atom is 0.293 e. The molecule has 0 unspecified atom stereocenters. The van der Waals surface area contributed by atoms with Crippen molar-refractivity contribution in [2.75, 3.05) is 13.6 Å². The van der Waals surface area contributed by atoms with Gasteiger partial charge in [-0.1, -0.05) is 0 Å². The number of rotatable bonds is 4. The first-order valence-corrected chi connectivity index (χ1v) is 6.33. The molecular weight excluding hydrogens is 275 g/mol. The molecule has 7 heteroatoms. The molecule has 110 valence electrons. The summed E-state index contributed by atoms with van der Waals surface area (Å²) in [6, 6.07) is 5.70. The second-order valence-electron chi connectivity index (χ2n) is 4.73. The van der Waals surface area contributed by atoms with E-state index in [0.29, 0.717) is 11.5 Å². The third kappa shape index (κ3) is 3.31. The quantitative estimate of drug-likeness (QED) is 0.853. The third-order valence-electron chi connectivity index (χ3n) is 2.84. The Hall–Kier alpha value is -2.57. The Balaban J connectivity index is 2.28. The van der Waals surface area contributed by atoms with Crippen LogP contribution in [0.3, 0.4) is 0 Å². The van der Waals surface area contributed by atoms with Crippen LogP contribution in [0.4, 0.5) is 4.39 Å². The molecule has 0 aliphatic carbocycles. The summed E-state index contributed by atoms with van der Waals surface area (Å²) in [6.45, 7) is 3.10. The molecule has 0 aliphatic rings. The standard InChI is InChI=1S/C14H15FN4O2/c1-9(20)8-18(3)14(21)13-16-10(2)19(17-13)12-6-4-11(15)5-7-12/h4-7H,8H2,1-3H3. The molecule has 0 atom stereocenters. The lowest BCUT2D eigenvalue weighted by Gasteiger charge is -2.12. The summed E-state index contributed by atoms with van der Waals surface area (Å²) in [4.78, 5) is 28.5. The van der Waals surface area contributed by atoms with E-state index in [-0.39, 0.29) is 24.0 Å². The Morgan fingerprint density at radius 3 is 2.48 bits per heavy atom. The van der Waals surface area contributed by atoms with E-state index >= 15 is 0 Å². The number of hydrogen-bond acceptors (Lipinski definition) is 4. The minimum atomic E-state index is -0.436. The average molecular weight is 290 g/mol. The monoisotopic (exact) mass is 290 g/mol. The topological polar surface area (TPSA) is 68.1 Å². The number of halogens is 1. The highest BCUT2D eigenvalue weighted by atomic mass is 19.1. The van der Waals surface area contributed by atoms with Crippen molar-refractivity contribution in [3.63, 3.8) is 0 Å². The molecule has 21 heavy (non-hydrogen) atoms. The van der Waals surface area contributed by atoms with E-state index < -0.39 is 5.91 Å². The van der Waals surface area contributed by atoms with Crippen LogP contribution in [-0.4, -0.2) is 44.9 Å². The van der Waals surface area contributed by atoms with Gasteiger partial charge in [-0.05, 0) is 38.1 Å². The second kappa shape index (κ2) is 5.82. The summed E-state index contributed by atoms with van der Waals surface area (Å²) in [5, 5.41) is 4.12. The molecular formula is C14H15FN4O2. The summed E-state index contributed by atoms with van der Waals surface area (Å²) < 4.78 is 14.4. The van der Waals surface area contributed by atoms with Gasteiger partial charge in [0.25, 0.3) is 5.91 Å². The molecule has 1 aromatic heterocycles. The predicted molar refractivity (Wildman–Crippen MR) is 73.7 cm³/mol. The fraction of sp³-hybridized carbons (Fsp3) is 0.286. The fourth-order valence-corrected chi connectivity index (χ4v) is 1.88. The Morgan fingerprint density at radius 1 is 1.29 bits per heavy atom. The van der Waals surface area contributed by atoms with Crippen molar-refractivity contribution in [2.24, 2.45) is 0 Å². The van der Waals surface area contributed by atoms with Crippen molar-refractivity contribution < 1.29 is 14.0 Å². The number of ketones is 1. The molecule has 6 nitrogen and oxygen atoms in total. The third-order valence-corrected chi connectivity index (χ3v) is 2.84. The van der Waals surface area contributed by atoms with Crippen molar-refractivity contribution in [2.45, 2.75) is 13.8 Å². The minimum Gasteiger partial charge on any atom is -0.332 e. The normalized spacial score (nSPS) is 10.5. The van der Waals surface area contributed by atoms with Crippen LogP contribution in [0.25, 0.3) is 5.69 Å². The Bertz CT molecular complexity index is 679. The number of nitrogens with zero attached hydrogens (tertiary/aromatic N) is 4. The number of carbonyl (C=O) groups is 2. The van der Waals surface area contributed by atoms with Crippen LogP contribution in [0.1, 0.15) is 23.4 Å². The van der Waals surface area contributed by atoms with Crippen molar-refractivity contribution in [1.82, 2.24) is 19.7 Å². The molecule has 0 fully saturated rings. The van der Waals surface area contributed by atoms with Crippen LogP contribution in [0.15, 0.2) is 24.3 Å². The van der Waals surface area contributed by atoms with Gasteiger partial charge >= 0.3 is 0 Å². The van der Waals surface area contributed by atoms with Gasteiger partial charge in [-0.2, -0.15) is 0 Å². The van der Waals surface area contributed by atoms with Crippen LogP contribution >= 0.6 is 0 Å². The molecule has 0 bridgehead atoms. The number of likely N-dealkylation sites (N-methyl/N-ethyl adjacent to an activating group) is 1. The zero-order chi connectivity index (χ0) is 15.6. The van der Waals surface area contributed by atoms with Crippen molar-refractivity contribution in [3.8, 4) is 5.69 Å². The highest BCUT2D eigenvalue weighted by molar-refractivity contribution is 5.93. The van der Waals surface area contributed by atoms with E-state index in [1.54, 1.807) is 19.1 Å². The second-order valence-corrected chi connectivity index (χ2v) is 4.73. The molecule has 1 aromatic carbocycles. The fourth-order valence-electron chi connectivity index (χ4n) is 1.88. The van der Waals surface area contributed by atoms with E-state index in [1.807, 2.05) is 0 Å². The van der Waals surface area contributed by atoms with Crippen LogP contribution in [0.2, 0.25) is 0 Å². The number of aryl methyl sites for hydroxylation is 1. The molecule has 1 amide bonds. The lowest BCUT2D eigenvalue weighted by molar-refractivity contribution is -0.117. The van der Waals surface area contributed by atoms with Crippen molar-refractivity contribution in [3.05, 3.63) is 41.7 Å². The number of benzene rings is 1. The van der Waals surface area contributed by atoms with E-state index in [1.165, 1.54) is 35.7 Å². The molecule has 2 rings (SSSR count). The molecule has 0 spiro atoms. The highest BCUT2D eigenvalue weighted by Gasteiger charge is 2.19. The first-order valence-electron chi connectivity index (χ1n) is 6.33. The Kier molecular flexibility index (Phi) is 4.11. The van der Waals surface area contributed by atoms with E-state index in [4.69, 9.17) is 0 Å². The molecule has 0 saturated heterocycles. The summed E-state index contributed by atoms with van der Waals surface area (Å²) in [5.74, 6) is -0.412. The van der Waals surface area contributed by atoms with Gasteiger partial charge in [0, 0.05) is 7.05 Å². The first kappa shape index (κ1) is 14.8. The number of aromatic nitrogens is 3. The zero-order valence-electron chi connectivity index (χ0n) is 12.0. The molecule has 0 radical (unpaired) electrons. The van der Waals surface area contributed by atoms with Crippen LogP contribution in [0.5, 0.6) is 0 Å². The van der Waals surface area contributed by atoms with Crippen LogP contribution < -0.4 is 0 Å². The molecule has 2 aromatic rings. The minimum absolute atomic E-state index is 0.000532. The van der Waals surface area contributed by atoms with Gasteiger partial charge in [0.05, 0.1) is 12.2 Å².